The first kappa shape index (κ1) is 22.6. The smallest absolute Gasteiger partial charge is 0.228 e. The Bertz CT molecular complexity index is 1270. The Morgan fingerprint density at radius 2 is 1.82 bits per heavy atom. The van der Waals surface area contributed by atoms with Crippen molar-refractivity contribution in [2.75, 3.05) is 57.2 Å². The lowest BCUT2D eigenvalue weighted by Gasteiger charge is -2.27. The summed E-state index contributed by atoms with van der Waals surface area (Å²) in [5.74, 6) is 1.42. The molecule has 9 heteroatoms. The van der Waals surface area contributed by atoms with Crippen LogP contribution in [-0.4, -0.2) is 71.4 Å². The van der Waals surface area contributed by atoms with Crippen LogP contribution < -0.4 is 10.2 Å². The molecule has 0 aliphatic carbocycles. The topological polar surface area (TPSA) is 71.3 Å². The quantitative estimate of drug-likeness (QED) is 0.425. The van der Waals surface area contributed by atoms with E-state index in [1.165, 1.54) is 0 Å². The number of aromatic nitrogens is 4. The molecule has 3 heterocycles. The fraction of sp³-hybridized carbons (Fsp3) is 0.320. The largest absolute Gasteiger partial charge is 0.378 e. The Morgan fingerprint density at radius 1 is 1.03 bits per heavy atom. The van der Waals surface area contributed by atoms with Crippen LogP contribution in [0.2, 0.25) is 5.02 Å². The molecule has 0 atom stereocenters. The van der Waals surface area contributed by atoms with Gasteiger partial charge in [-0.05, 0) is 50.5 Å². The van der Waals surface area contributed by atoms with Gasteiger partial charge in [0.05, 0.1) is 36.3 Å². The standard InChI is InChI=1S/C25H28ClN7O/c1-31(2)9-10-33-17-27-21-8-3-18(15-23(21)33)22-16-24(28-20-6-4-19(26)5-7-20)30-25(29-22)32-11-13-34-14-12-32/h3-8,15-17H,9-14H2,1-2H3,(H,28,29,30). The van der Waals surface area contributed by atoms with Crippen molar-refractivity contribution in [3.8, 4) is 11.3 Å². The molecule has 5 rings (SSSR count). The predicted molar refractivity (Wildman–Crippen MR) is 137 cm³/mol. The summed E-state index contributed by atoms with van der Waals surface area (Å²) in [5.41, 5.74) is 4.87. The first-order valence-electron chi connectivity index (χ1n) is 11.4. The van der Waals surface area contributed by atoms with Gasteiger partial charge in [-0.25, -0.2) is 9.97 Å². The van der Waals surface area contributed by atoms with Gasteiger partial charge in [-0.15, -0.1) is 0 Å². The third-order valence-corrected chi connectivity index (χ3v) is 6.08. The minimum atomic E-state index is 0.671. The average Bonchev–Trinajstić information content (AvgIpc) is 3.27. The van der Waals surface area contributed by atoms with Crippen LogP contribution in [0.25, 0.3) is 22.3 Å². The van der Waals surface area contributed by atoms with Crippen molar-refractivity contribution in [3.05, 3.63) is 59.9 Å². The molecule has 0 bridgehead atoms. The number of nitrogens with zero attached hydrogens (tertiary/aromatic N) is 6. The molecule has 0 spiro atoms. The molecule has 8 nitrogen and oxygen atoms in total. The molecule has 4 aromatic rings. The number of ether oxygens (including phenoxy) is 1. The van der Waals surface area contributed by atoms with E-state index >= 15 is 0 Å². The molecule has 0 amide bonds. The van der Waals surface area contributed by atoms with Crippen molar-refractivity contribution in [2.45, 2.75) is 6.54 Å². The van der Waals surface area contributed by atoms with Crippen LogP contribution in [-0.2, 0) is 11.3 Å². The zero-order valence-corrected chi connectivity index (χ0v) is 20.2. The van der Waals surface area contributed by atoms with Crippen molar-refractivity contribution >= 4 is 40.1 Å². The average molecular weight is 478 g/mol. The van der Waals surface area contributed by atoms with E-state index in [-0.39, 0.29) is 0 Å². The molecular weight excluding hydrogens is 450 g/mol. The SMILES string of the molecule is CN(C)CCn1cnc2ccc(-c3cc(Nc4ccc(Cl)cc4)nc(N4CCOCC4)n3)cc21. The summed E-state index contributed by atoms with van der Waals surface area (Å²) in [6, 6.07) is 15.9. The fourth-order valence-electron chi connectivity index (χ4n) is 3.93. The van der Waals surface area contributed by atoms with Crippen LogP contribution in [0.5, 0.6) is 0 Å². The Kier molecular flexibility index (Phi) is 6.62. The van der Waals surface area contributed by atoms with Crippen molar-refractivity contribution in [1.29, 1.82) is 0 Å². The predicted octanol–water partition coefficient (Wildman–Crippen LogP) is 4.29. The Morgan fingerprint density at radius 3 is 2.59 bits per heavy atom. The summed E-state index contributed by atoms with van der Waals surface area (Å²) < 4.78 is 7.72. The molecule has 0 saturated carbocycles. The Balaban J connectivity index is 1.53. The molecule has 1 fully saturated rings. The number of fused-ring (bicyclic) bond motifs is 1. The number of hydrogen-bond acceptors (Lipinski definition) is 7. The third kappa shape index (κ3) is 5.14. The van der Waals surface area contributed by atoms with Crippen LogP contribution >= 0.6 is 11.6 Å². The van der Waals surface area contributed by atoms with Crippen molar-refractivity contribution in [1.82, 2.24) is 24.4 Å². The molecular formula is C25H28ClN7O. The highest BCUT2D eigenvalue weighted by Gasteiger charge is 2.17. The van der Waals surface area contributed by atoms with E-state index in [9.17, 15) is 0 Å². The second-order valence-corrected chi connectivity index (χ2v) is 9.05. The molecule has 1 N–H and O–H groups in total. The highest BCUT2D eigenvalue weighted by atomic mass is 35.5. The van der Waals surface area contributed by atoms with Gasteiger partial charge < -0.3 is 24.4 Å². The maximum Gasteiger partial charge on any atom is 0.228 e. The summed E-state index contributed by atoms with van der Waals surface area (Å²) in [4.78, 5) is 18.7. The first-order chi connectivity index (χ1) is 16.5. The van der Waals surface area contributed by atoms with Gasteiger partial charge in [-0.3, -0.25) is 0 Å². The van der Waals surface area contributed by atoms with Gasteiger partial charge in [0.1, 0.15) is 5.82 Å². The van der Waals surface area contributed by atoms with Crippen molar-refractivity contribution < 1.29 is 4.74 Å². The molecule has 0 unspecified atom stereocenters. The van der Waals surface area contributed by atoms with E-state index in [4.69, 9.17) is 26.3 Å². The van der Waals surface area contributed by atoms with Crippen LogP contribution in [0.3, 0.4) is 0 Å². The highest BCUT2D eigenvalue weighted by Crippen LogP contribution is 2.28. The maximum atomic E-state index is 6.06. The molecule has 2 aromatic heterocycles. The van der Waals surface area contributed by atoms with Crippen molar-refractivity contribution in [2.24, 2.45) is 0 Å². The number of nitrogens with one attached hydrogen (secondary N) is 1. The van der Waals surface area contributed by atoms with E-state index in [0.29, 0.717) is 24.2 Å². The van der Waals surface area contributed by atoms with Gasteiger partial charge in [0.2, 0.25) is 5.95 Å². The van der Waals surface area contributed by atoms with Gasteiger partial charge in [-0.2, -0.15) is 4.98 Å². The normalized spacial score (nSPS) is 14.2. The fourth-order valence-corrected chi connectivity index (χ4v) is 4.06. The number of morpholine rings is 1. The number of anilines is 3. The minimum Gasteiger partial charge on any atom is -0.378 e. The van der Waals surface area contributed by atoms with E-state index in [1.54, 1.807) is 0 Å². The number of rotatable bonds is 7. The number of hydrogen-bond donors (Lipinski definition) is 1. The van der Waals surface area contributed by atoms with Crippen LogP contribution in [0.15, 0.2) is 54.9 Å². The molecule has 176 valence electrons. The van der Waals surface area contributed by atoms with Gasteiger partial charge in [0, 0.05) is 48.5 Å². The number of imidazole rings is 1. The Labute approximate surface area is 204 Å². The lowest BCUT2D eigenvalue weighted by Crippen LogP contribution is -2.37. The van der Waals surface area contributed by atoms with Gasteiger partial charge >= 0.3 is 0 Å². The number of benzene rings is 2. The van der Waals surface area contributed by atoms with Crippen molar-refractivity contribution in [3.63, 3.8) is 0 Å². The molecule has 1 saturated heterocycles. The monoisotopic (exact) mass is 477 g/mol. The first-order valence-corrected chi connectivity index (χ1v) is 11.8. The second kappa shape index (κ2) is 9.97. The molecule has 1 aliphatic heterocycles. The Hall–Kier alpha value is -3.20. The van der Waals surface area contributed by atoms with Gasteiger partial charge in [0.15, 0.2) is 0 Å². The highest BCUT2D eigenvalue weighted by molar-refractivity contribution is 6.30. The van der Waals surface area contributed by atoms with Crippen LogP contribution in [0.1, 0.15) is 0 Å². The van der Waals surface area contributed by atoms with E-state index < -0.39 is 0 Å². The van der Waals surface area contributed by atoms with E-state index in [2.05, 4.69) is 57.0 Å². The molecule has 34 heavy (non-hydrogen) atoms. The summed E-state index contributed by atoms with van der Waals surface area (Å²) in [6.07, 6.45) is 1.91. The zero-order chi connectivity index (χ0) is 23.5. The summed E-state index contributed by atoms with van der Waals surface area (Å²) in [6.45, 7) is 4.69. The second-order valence-electron chi connectivity index (χ2n) is 8.61. The summed E-state index contributed by atoms with van der Waals surface area (Å²) >= 11 is 6.06. The lowest BCUT2D eigenvalue weighted by atomic mass is 10.1. The summed E-state index contributed by atoms with van der Waals surface area (Å²) in [7, 11) is 4.15. The minimum absolute atomic E-state index is 0.671. The van der Waals surface area contributed by atoms with E-state index in [0.717, 1.165) is 60.0 Å². The van der Waals surface area contributed by atoms with Crippen LogP contribution in [0, 0.1) is 0 Å². The number of halogens is 1. The van der Waals surface area contributed by atoms with Crippen LogP contribution in [0.4, 0.5) is 17.5 Å². The van der Waals surface area contributed by atoms with Gasteiger partial charge in [-0.1, -0.05) is 17.7 Å². The number of likely N-dealkylation sites (N-methyl/N-ethyl adjacent to an activating group) is 1. The maximum absolute atomic E-state index is 6.06. The molecule has 1 aliphatic rings. The van der Waals surface area contributed by atoms with E-state index in [1.807, 2.05) is 36.7 Å². The molecule has 2 aromatic carbocycles. The third-order valence-electron chi connectivity index (χ3n) is 5.83. The molecule has 0 radical (unpaired) electrons. The lowest BCUT2D eigenvalue weighted by molar-refractivity contribution is 0.122. The van der Waals surface area contributed by atoms with Gasteiger partial charge in [0.25, 0.3) is 0 Å². The summed E-state index contributed by atoms with van der Waals surface area (Å²) in [5, 5.41) is 4.10. The zero-order valence-electron chi connectivity index (χ0n) is 19.4.